The Labute approximate surface area is 138 Å². The van der Waals surface area contributed by atoms with Crippen LogP contribution in [-0.2, 0) is 9.53 Å². The maximum Gasteiger partial charge on any atom is 0.347 e. The number of benzene rings is 2. The molecule has 0 spiro atoms. The van der Waals surface area contributed by atoms with E-state index in [0.29, 0.717) is 23.3 Å². The number of hydrogen-bond acceptors (Lipinski definition) is 5. The maximum atomic E-state index is 12.1. The molecule has 3 aromatic rings. The lowest BCUT2D eigenvalue weighted by Crippen LogP contribution is -2.26. The molecule has 0 radical (unpaired) electrons. The minimum absolute atomic E-state index is 0.296. The van der Waals surface area contributed by atoms with Crippen LogP contribution in [0.5, 0.6) is 5.75 Å². The third-order valence-electron chi connectivity index (χ3n) is 3.82. The van der Waals surface area contributed by atoms with Gasteiger partial charge in [0.15, 0.2) is 6.10 Å². The van der Waals surface area contributed by atoms with Crippen LogP contribution in [0.3, 0.4) is 0 Å². The Kier molecular flexibility index (Phi) is 4.25. The van der Waals surface area contributed by atoms with Crippen molar-refractivity contribution in [1.29, 1.82) is 0 Å². The van der Waals surface area contributed by atoms with Crippen LogP contribution in [-0.4, -0.2) is 18.7 Å². The zero-order chi connectivity index (χ0) is 17.3. The topological polar surface area (TPSA) is 65.7 Å². The van der Waals surface area contributed by atoms with Gasteiger partial charge in [-0.1, -0.05) is 18.2 Å². The van der Waals surface area contributed by atoms with Gasteiger partial charge in [0, 0.05) is 16.8 Å². The Morgan fingerprint density at radius 3 is 2.62 bits per heavy atom. The summed E-state index contributed by atoms with van der Waals surface area (Å²) in [5.41, 5.74) is 0.941. The quantitative estimate of drug-likeness (QED) is 0.416. The van der Waals surface area contributed by atoms with Gasteiger partial charge in [-0.15, -0.1) is 0 Å². The van der Waals surface area contributed by atoms with Gasteiger partial charge in [0.25, 0.3) is 0 Å². The van der Waals surface area contributed by atoms with Gasteiger partial charge < -0.3 is 13.9 Å². The SMILES string of the molecule is CCOC(=O)C(C)Oc1cc(C)c2c(c1)oc(=O)c1ccccc12. The molecule has 24 heavy (non-hydrogen) atoms. The summed E-state index contributed by atoms with van der Waals surface area (Å²) >= 11 is 0. The van der Waals surface area contributed by atoms with Gasteiger partial charge in [0.05, 0.1) is 12.0 Å². The molecule has 0 aliphatic heterocycles. The zero-order valence-electron chi connectivity index (χ0n) is 13.8. The molecular formula is C19H18O5. The van der Waals surface area contributed by atoms with E-state index in [0.717, 1.165) is 16.3 Å². The van der Waals surface area contributed by atoms with E-state index in [1.165, 1.54) is 0 Å². The zero-order valence-corrected chi connectivity index (χ0v) is 13.8. The Bertz CT molecular complexity index is 971. The number of aryl methyl sites for hydroxylation is 1. The van der Waals surface area contributed by atoms with Crippen LogP contribution in [0.25, 0.3) is 21.7 Å². The molecular weight excluding hydrogens is 308 g/mol. The van der Waals surface area contributed by atoms with Crippen molar-refractivity contribution in [3.05, 3.63) is 52.4 Å². The van der Waals surface area contributed by atoms with Gasteiger partial charge in [-0.2, -0.15) is 0 Å². The highest BCUT2D eigenvalue weighted by Crippen LogP contribution is 2.30. The molecule has 0 aliphatic rings. The maximum absolute atomic E-state index is 12.1. The summed E-state index contributed by atoms with van der Waals surface area (Å²) in [6, 6.07) is 10.8. The first-order valence-electron chi connectivity index (χ1n) is 7.80. The van der Waals surface area contributed by atoms with Crippen LogP contribution in [0, 0.1) is 6.92 Å². The number of esters is 1. The number of carbonyl (C=O) groups is 1. The lowest BCUT2D eigenvalue weighted by Gasteiger charge is -2.15. The highest BCUT2D eigenvalue weighted by molar-refractivity contribution is 6.06. The summed E-state index contributed by atoms with van der Waals surface area (Å²) in [4.78, 5) is 23.9. The first-order valence-corrected chi connectivity index (χ1v) is 7.80. The predicted octanol–water partition coefficient (Wildman–Crippen LogP) is 3.59. The van der Waals surface area contributed by atoms with Crippen molar-refractivity contribution in [2.75, 3.05) is 6.61 Å². The van der Waals surface area contributed by atoms with Crippen LogP contribution >= 0.6 is 0 Å². The molecule has 0 N–H and O–H groups in total. The normalized spacial score (nSPS) is 12.3. The lowest BCUT2D eigenvalue weighted by atomic mass is 10.0. The van der Waals surface area contributed by atoms with E-state index in [2.05, 4.69) is 0 Å². The van der Waals surface area contributed by atoms with Crippen molar-refractivity contribution in [1.82, 2.24) is 0 Å². The number of hydrogen-bond donors (Lipinski definition) is 0. The number of rotatable bonds is 4. The monoisotopic (exact) mass is 326 g/mol. The molecule has 0 aliphatic carbocycles. The summed E-state index contributed by atoms with van der Waals surface area (Å²) < 4.78 is 16.0. The van der Waals surface area contributed by atoms with Gasteiger partial charge >= 0.3 is 11.6 Å². The summed E-state index contributed by atoms with van der Waals surface area (Å²) in [7, 11) is 0. The molecule has 1 unspecified atom stereocenters. The summed E-state index contributed by atoms with van der Waals surface area (Å²) in [5, 5.41) is 2.24. The highest BCUT2D eigenvalue weighted by atomic mass is 16.6. The van der Waals surface area contributed by atoms with Crippen molar-refractivity contribution < 1.29 is 18.7 Å². The molecule has 0 saturated carbocycles. The van der Waals surface area contributed by atoms with Crippen molar-refractivity contribution in [3.63, 3.8) is 0 Å². The van der Waals surface area contributed by atoms with Crippen LogP contribution in [0.1, 0.15) is 19.4 Å². The Morgan fingerprint density at radius 1 is 1.21 bits per heavy atom. The summed E-state index contributed by atoms with van der Waals surface area (Å²) in [6.45, 7) is 5.57. The molecule has 1 aromatic heterocycles. The second kappa shape index (κ2) is 6.35. The second-order valence-corrected chi connectivity index (χ2v) is 5.56. The molecule has 1 heterocycles. The molecule has 1 atom stereocenters. The average Bonchev–Trinajstić information content (AvgIpc) is 2.54. The van der Waals surface area contributed by atoms with Gasteiger partial charge in [-0.3, -0.25) is 0 Å². The smallest absolute Gasteiger partial charge is 0.347 e. The second-order valence-electron chi connectivity index (χ2n) is 5.56. The van der Waals surface area contributed by atoms with E-state index in [1.807, 2.05) is 25.1 Å². The predicted molar refractivity (Wildman–Crippen MR) is 91.5 cm³/mol. The number of carbonyl (C=O) groups excluding carboxylic acids is 1. The highest BCUT2D eigenvalue weighted by Gasteiger charge is 2.17. The largest absolute Gasteiger partial charge is 0.479 e. The minimum Gasteiger partial charge on any atom is -0.479 e. The van der Waals surface area contributed by atoms with Crippen molar-refractivity contribution >= 4 is 27.7 Å². The first-order chi connectivity index (χ1) is 11.5. The molecule has 0 bridgehead atoms. The fraction of sp³-hybridized carbons (Fsp3) is 0.263. The van der Waals surface area contributed by atoms with Crippen LogP contribution in [0.15, 0.2) is 45.6 Å². The average molecular weight is 326 g/mol. The van der Waals surface area contributed by atoms with E-state index in [-0.39, 0.29) is 0 Å². The van der Waals surface area contributed by atoms with Gasteiger partial charge in [0.1, 0.15) is 11.3 Å². The van der Waals surface area contributed by atoms with Crippen LogP contribution in [0.2, 0.25) is 0 Å². The van der Waals surface area contributed by atoms with Gasteiger partial charge in [0.2, 0.25) is 0 Å². The van der Waals surface area contributed by atoms with E-state index >= 15 is 0 Å². The molecule has 124 valence electrons. The number of fused-ring (bicyclic) bond motifs is 3. The molecule has 3 rings (SSSR count). The summed E-state index contributed by atoms with van der Waals surface area (Å²) in [5.74, 6) is 0.0224. The van der Waals surface area contributed by atoms with Crippen LogP contribution in [0.4, 0.5) is 0 Å². The molecule has 5 heteroatoms. The van der Waals surface area contributed by atoms with E-state index < -0.39 is 17.7 Å². The fourth-order valence-corrected chi connectivity index (χ4v) is 2.76. The molecule has 0 fully saturated rings. The van der Waals surface area contributed by atoms with Crippen molar-refractivity contribution in [3.8, 4) is 5.75 Å². The third kappa shape index (κ3) is 2.85. The summed E-state index contributed by atoms with van der Waals surface area (Å²) in [6.07, 6.45) is -0.742. The van der Waals surface area contributed by atoms with E-state index in [9.17, 15) is 9.59 Å². The Balaban J connectivity index is 2.09. The van der Waals surface area contributed by atoms with E-state index in [1.54, 1.807) is 32.0 Å². The Morgan fingerprint density at radius 2 is 1.92 bits per heavy atom. The van der Waals surface area contributed by atoms with Crippen LogP contribution < -0.4 is 10.4 Å². The third-order valence-corrected chi connectivity index (χ3v) is 3.82. The van der Waals surface area contributed by atoms with Gasteiger partial charge in [-0.25, -0.2) is 9.59 Å². The molecule has 0 amide bonds. The molecule has 0 saturated heterocycles. The molecule has 5 nitrogen and oxygen atoms in total. The van der Waals surface area contributed by atoms with Crippen molar-refractivity contribution in [2.45, 2.75) is 26.9 Å². The first kappa shape index (κ1) is 16.1. The standard InChI is InChI=1S/C19H18O5/c1-4-22-18(20)12(3)23-13-9-11(2)17-14-7-5-6-8-15(14)19(21)24-16(17)10-13/h5-10,12H,4H2,1-3H3. The Hall–Kier alpha value is -2.82. The number of ether oxygens (including phenoxy) is 2. The van der Waals surface area contributed by atoms with Gasteiger partial charge in [-0.05, 0) is 38.5 Å². The molecule has 2 aromatic carbocycles. The van der Waals surface area contributed by atoms with E-state index in [4.69, 9.17) is 13.9 Å². The minimum atomic E-state index is -0.742. The fourth-order valence-electron chi connectivity index (χ4n) is 2.76. The van der Waals surface area contributed by atoms with Crippen molar-refractivity contribution in [2.24, 2.45) is 0 Å². The lowest BCUT2D eigenvalue weighted by molar-refractivity contribution is -0.150.